The molecule has 190 valence electrons. The average molecular weight is 521 g/mol. The lowest BCUT2D eigenvalue weighted by Gasteiger charge is -2.31. The second-order valence-corrected chi connectivity index (χ2v) is 8.69. The molecule has 2 aromatic carbocycles. The van der Waals surface area contributed by atoms with Crippen LogP contribution >= 0.6 is 11.6 Å². The van der Waals surface area contributed by atoms with Crippen LogP contribution in [0.15, 0.2) is 54.6 Å². The highest BCUT2D eigenvalue weighted by molar-refractivity contribution is 6.32. The number of carbonyl (C=O) groups excluding carboxylic acids is 2. The Morgan fingerprint density at radius 2 is 1.78 bits per heavy atom. The van der Waals surface area contributed by atoms with Crippen molar-refractivity contribution < 1.29 is 27.5 Å². The second kappa shape index (κ2) is 10.6. The smallest absolute Gasteiger partial charge is 0.435 e. The number of carbonyl (C=O) groups is 2. The molecule has 1 N–H and O–H groups in total. The third-order valence-electron chi connectivity index (χ3n) is 5.88. The number of benzene rings is 2. The van der Waals surface area contributed by atoms with Gasteiger partial charge in [-0.1, -0.05) is 35.9 Å². The lowest BCUT2D eigenvalue weighted by Crippen LogP contribution is -2.46. The van der Waals surface area contributed by atoms with Crippen molar-refractivity contribution in [3.8, 4) is 16.9 Å². The molecule has 0 aliphatic carbocycles. The van der Waals surface area contributed by atoms with Gasteiger partial charge in [-0.15, -0.1) is 0 Å². The first-order chi connectivity index (χ1) is 17.2. The number of ether oxygens (including phenoxy) is 1. The summed E-state index contributed by atoms with van der Waals surface area (Å²) in [6.07, 6.45) is -3.80. The molecule has 4 rings (SSSR count). The highest BCUT2D eigenvalue weighted by atomic mass is 35.5. The molecule has 11 heteroatoms. The maximum atomic E-state index is 13.4. The molecule has 0 unspecified atom stereocenters. The van der Waals surface area contributed by atoms with Crippen molar-refractivity contribution in [1.82, 2.24) is 20.0 Å². The summed E-state index contributed by atoms with van der Waals surface area (Å²) in [7, 11) is 0. The van der Waals surface area contributed by atoms with Crippen molar-refractivity contribution in [3.63, 3.8) is 0 Å². The Hall–Kier alpha value is -3.53. The fourth-order valence-electron chi connectivity index (χ4n) is 4.01. The number of likely N-dealkylation sites (tertiary alicyclic amines) is 1. The third kappa shape index (κ3) is 5.64. The Balaban J connectivity index is 1.50. The number of hydrogen-bond donors (Lipinski definition) is 1. The average Bonchev–Trinajstić information content (AvgIpc) is 3.31. The molecule has 1 aliphatic heterocycles. The van der Waals surface area contributed by atoms with Gasteiger partial charge >= 0.3 is 12.3 Å². The molecule has 0 radical (unpaired) electrons. The predicted octanol–water partition coefficient (Wildman–Crippen LogP) is 5.56. The minimum atomic E-state index is -4.63. The van der Waals surface area contributed by atoms with Crippen LogP contribution in [0.2, 0.25) is 5.02 Å². The van der Waals surface area contributed by atoms with Gasteiger partial charge in [0.1, 0.15) is 0 Å². The first kappa shape index (κ1) is 25.6. The monoisotopic (exact) mass is 520 g/mol. The third-order valence-corrected chi connectivity index (χ3v) is 6.20. The molecular formula is C25H24ClF3N4O3. The van der Waals surface area contributed by atoms with Gasteiger partial charge < -0.3 is 15.0 Å². The van der Waals surface area contributed by atoms with Gasteiger partial charge in [-0.25, -0.2) is 9.48 Å². The molecule has 3 aromatic rings. The van der Waals surface area contributed by atoms with Gasteiger partial charge in [0.25, 0.3) is 5.91 Å². The zero-order valence-electron chi connectivity index (χ0n) is 19.4. The maximum absolute atomic E-state index is 13.4. The van der Waals surface area contributed by atoms with E-state index in [2.05, 4.69) is 10.4 Å². The molecule has 7 nitrogen and oxygen atoms in total. The minimum Gasteiger partial charge on any atom is -0.450 e. The molecule has 0 atom stereocenters. The summed E-state index contributed by atoms with van der Waals surface area (Å²) in [5.41, 5.74) is 0.256. The number of alkyl halides is 3. The first-order valence-corrected chi connectivity index (χ1v) is 11.8. The predicted molar refractivity (Wildman–Crippen MR) is 128 cm³/mol. The zero-order valence-corrected chi connectivity index (χ0v) is 20.1. The number of nitrogens with zero attached hydrogens (tertiary/aromatic N) is 3. The van der Waals surface area contributed by atoms with Crippen molar-refractivity contribution in [2.24, 2.45) is 0 Å². The number of rotatable bonds is 5. The minimum absolute atomic E-state index is 0.0983. The van der Waals surface area contributed by atoms with Crippen molar-refractivity contribution in [2.75, 3.05) is 19.7 Å². The molecule has 0 bridgehead atoms. The molecule has 2 heterocycles. The Bertz CT molecular complexity index is 1240. The Morgan fingerprint density at radius 1 is 1.11 bits per heavy atom. The van der Waals surface area contributed by atoms with E-state index >= 15 is 0 Å². The Kier molecular flexibility index (Phi) is 7.53. The summed E-state index contributed by atoms with van der Waals surface area (Å²) < 4.78 is 46.4. The number of nitrogens with one attached hydrogen (secondary N) is 1. The number of aromatic nitrogens is 2. The van der Waals surface area contributed by atoms with E-state index in [-0.39, 0.29) is 28.8 Å². The van der Waals surface area contributed by atoms with Gasteiger partial charge in [0.15, 0.2) is 5.69 Å². The molecule has 1 saturated heterocycles. The van der Waals surface area contributed by atoms with Crippen LogP contribution in [0.5, 0.6) is 0 Å². The van der Waals surface area contributed by atoms with E-state index in [1.165, 1.54) is 0 Å². The maximum Gasteiger partial charge on any atom is 0.435 e. The van der Waals surface area contributed by atoms with E-state index < -0.39 is 11.9 Å². The first-order valence-electron chi connectivity index (χ1n) is 11.4. The molecule has 1 aliphatic rings. The largest absolute Gasteiger partial charge is 0.450 e. The Morgan fingerprint density at radius 3 is 2.39 bits per heavy atom. The summed E-state index contributed by atoms with van der Waals surface area (Å²) in [4.78, 5) is 26.2. The standard InChI is InChI=1S/C25H24ClF3N4O3/c1-2-36-24(35)32-13-11-18(12-14-32)30-23(34)17-9-7-16(8-10-17)21-15-22(25(27,28)29)31-33(21)20-6-4-3-5-19(20)26/h3-10,15,18H,2,11-14H2,1H3,(H,30,34). The van der Waals surface area contributed by atoms with Crippen LogP contribution in [0.25, 0.3) is 16.9 Å². The molecule has 1 aromatic heterocycles. The SMILES string of the molecule is CCOC(=O)N1CCC(NC(=O)c2ccc(-c3cc(C(F)(F)F)nn3-c3ccccc3Cl)cc2)CC1. The fraction of sp³-hybridized carbons (Fsp3) is 0.320. The number of para-hydroxylation sites is 1. The molecule has 36 heavy (non-hydrogen) atoms. The van der Waals surface area contributed by atoms with E-state index in [4.69, 9.17) is 16.3 Å². The van der Waals surface area contributed by atoms with Crippen LogP contribution < -0.4 is 5.32 Å². The van der Waals surface area contributed by atoms with E-state index in [0.29, 0.717) is 49.4 Å². The summed E-state index contributed by atoms with van der Waals surface area (Å²) in [6.45, 7) is 3.02. The summed E-state index contributed by atoms with van der Waals surface area (Å²) in [5.74, 6) is -0.299. The summed E-state index contributed by atoms with van der Waals surface area (Å²) in [6, 6.07) is 13.6. The number of amides is 2. The van der Waals surface area contributed by atoms with E-state index in [1.54, 1.807) is 60.4 Å². The fourth-order valence-corrected chi connectivity index (χ4v) is 4.23. The van der Waals surface area contributed by atoms with Gasteiger partial charge in [-0.05, 0) is 50.1 Å². The number of halogens is 4. The van der Waals surface area contributed by atoms with Crippen molar-refractivity contribution in [2.45, 2.75) is 32.0 Å². The topological polar surface area (TPSA) is 76.5 Å². The van der Waals surface area contributed by atoms with Crippen LogP contribution in [0.1, 0.15) is 35.8 Å². The zero-order chi connectivity index (χ0) is 25.9. The summed E-state index contributed by atoms with van der Waals surface area (Å²) >= 11 is 6.22. The lowest BCUT2D eigenvalue weighted by molar-refractivity contribution is -0.141. The van der Waals surface area contributed by atoms with Crippen LogP contribution in [-0.4, -0.2) is 52.4 Å². The van der Waals surface area contributed by atoms with E-state index in [1.807, 2.05) is 0 Å². The normalized spacial score (nSPS) is 14.5. The Labute approximate surface area is 210 Å². The van der Waals surface area contributed by atoms with Gasteiger partial charge in [-0.3, -0.25) is 4.79 Å². The van der Waals surface area contributed by atoms with Crippen LogP contribution in [0, 0.1) is 0 Å². The van der Waals surface area contributed by atoms with E-state index in [9.17, 15) is 22.8 Å². The van der Waals surface area contributed by atoms with Gasteiger partial charge in [-0.2, -0.15) is 18.3 Å². The molecule has 0 spiro atoms. The number of hydrogen-bond acceptors (Lipinski definition) is 4. The van der Waals surface area contributed by atoms with Crippen LogP contribution in [0.3, 0.4) is 0 Å². The van der Waals surface area contributed by atoms with Crippen LogP contribution in [-0.2, 0) is 10.9 Å². The summed E-state index contributed by atoms with van der Waals surface area (Å²) in [5, 5.41) is 6.95. The molecule has 1 fully saturated rings. The van der Waals surface area contributed by atoms with Crippen molar-refractivity contribution in [3.05, 3.63) is 70.9 Å². The highest BCUT2D eigenvalue weighted by Gasteiger charge is 2.35. The van der Waals surface area contributed by atoms with Crippen LogP contribution in [0.4, 0.5) is 18.0 Å². The van der Waals surface area contributed by atoms with Gasteiger partial charge in [0, 0.05) is 30.3 Å². The highest BCUT2D eigenvalue weighted by Crippen LogP contribution is 2.34. The molecule has 0 saturated carbocycles. The van der Waals surface area contributed by atoms with Crippen molar-refractivity contribution in [1.29, 1.82) is 0 Å². The number of piperidine rings is 1. The van der Waals surface area contributed by atoms with Gasteiger partial charge in [0.05, 0.1) is 23.0 Å². The van der Waals surface area contributed by atoms with E-state index in [0.717, 1.165) is 10.7 Å². The quantitative estimate of drug-likeness (QED) is 0.478. The van der Waals surface area contributed by atoms with Crippen molar-refractivity contribution >= 4 is 23.6 Å². The van der Waals surface area contributed by atoms with Gasteiger partial charge in [0.2, 0.25) is 0 Å². The molecular weight excluding hydrogens is 497 g/mol. The molecule has 2 amide bonds. The lowest BCUT2D eigenvalue weighted by atomic mass is 10.0. The second-order valence-electron chi connectivity index (χ2n) is 8.29.